The molecule has 2 aromatic rings. The van der Waals surface area contributed by atoms with Crippen LogP contribution in [0.25, 0.3) is 10.8 Å². The van der Waals surface area contributed by atoms with Crippen LogP contribution in [-0.2, 0) is 49.6 Å². The Morgan fingerprint density at radius 2 is 1.23 bits per heavy atom. The molecular weight excluding hydrogens is 814 g/mol. The van der Waals surface area contributed by atoms with E-state index in [4.69, 9.17) is 22.9 Å². The van der Waals surface area contributed by atoms with Crippen LogP contribution < -0.4 is 54.8 Å². The Morgan fingerprint density at radius 3 is 1.81 bits per heavy atom. The summed E-state index contributed by atoms with van der Waals surface area (Å²) >= 11 is 0. The lowest BCUT2D eigenvalue weighted by Gasteiger charge is -2.27. The van der Waals surface area contributed by atoms with Crippen molar-refractivity contribution in [1.29, 1.82) is 0 Å². The molecule has 0 saturated carbocycles. The first-order chi connectivity index (χ1) is 29.1. The predicted octanol–water partition coefficient (Wildman–Crippen LogP) is -3.84. The third-order valence-electron chi connectivity index (χ3n) is 9.30. The Labute approximate surface area is 356 Å². The zero-order chi connectivity index (χ0) is 46.7. The Morgan fingerprint density at radius 1 is 0.661 bits per heavy atom. The third kappa shape index (κ3) is 17.4. The second-order valence-electron chi connectivity index (χ2n) is 14.8. The lowest BCUT2D eigenvalue weighted by molar-refractivity contribution is -0.142. The monoisotopic (exact) mass is 871 g/mol. The Hall–Kier alpha value is -6.88. The van der Waals surface area contributed by atoms with Crippen LogP contribution in [-0.4, -0.2) is 130 Å². The molecule has 23 heteroatoms. The summed E-state index contributed by atoms with van der Waals surface area (Å²) < 4.78 is 0. The van der Waals surface area contributed by atoms with Gasteiger partial charge in [0.2, 0.25) is 41.4 Å². The van der Waals surface area contributed by atoms with Gasteiger partial charge in [-0.1, -0.05) is 56.3 Å². The average molecular weight is 872 g/mol. The van der Waals surface area contributed by atoms with Crippen LogP contribution in [0.1, 0.15) is 58.4 Å². The van der Waals surface area contributed by atoms with Gasteiger partial charge in [0, 0.05) is 19.4 Å². The van der Waals surface area contributed by atoms with E-state index in [1.807, 2.05) is 12.1 Å². The number of amides is 7. The van der Waals surface area contributed by atoms with Gasteiger partial charge in [-0.3, -0.25) is 48.1 Å². The molecule has 340 valence electrons. The third-order valence-corrected chi connectivity index (χ3v) is 9.30. The van der Waals surface area contributed by atoms with Crippen molar-refractivity contribution >= 4 is 70.0 Å². The molecule has 62 heavy (non-hydrogen) atoms. The molecule has 0 unspecified atom stereocenters. The number of aliphatic carboxylic acids is 2. The molecule has 0 fully saturated rings. The average Bonchev–Trinajstić information content (AvgIpc) is 3.20. The number of carbonyl (C=O) groups is 9. The van der Waals surface area contributed by atoms with Gasteiger partial charge in [-0.2, -0.15) is 0 Å². The minimum atomic E-state index is -1.78. The number of hydrogen-bond donors (Lipinski definition) is 13. The van der Waals surface area contributed by atoms with Gasteiger partial charge in [0.1, 0.15) is 36.3 Å². The summed E-state index contributed by atoms with van der Waals surface area (Å²) in [6, 6.07) is 1.97. The maximum atomic E-state index is 14.0. The van der Waals surface area contributed by atoms with Gasteiger partial charge in [-0.15, -0.1) is 0 Å². The summed E-state index contributed by atoms with van der Waals surface area (Å²) in [5.41, 5.74) is 22.4. The van der Waals surface area contributed by atoms with Crippen molar-refractivity contribution < 1.29 is 58.5 Å². The normalized spacial score (nSPS) is 14.4. The Bertz CT molecular complexity index is 1970. The highest BCUT2D eigenvalue weighted by Gasteiger charge is 2.35. The van der Waals surface area contributed by atoms with Gasteiger partial charge < -0.3 is 70.2 Å². The molecule has 2 rings (SSSR count). The number of nitrogens with zero attached hydrogens (tertiary/aromatic N) is 1. The number of aliphatic hydroxyl groups excluding tert-OH is 1. The number of primary amides is 1. The second-order valence-corrected chi connectivity index (χ2v) is 14.8. The Kier molecular flexibility index (Phi) is 20.7. The smallest absolute Gasteiger partial charge is 0.325 e. The van der Waals surface area contributed by atoms with Crippen molar-refractivity contribution in [3.05, 3.63) is 48.0 Å². The van der Waals surface area contributed by atoms with Crippen LogP contribution in [0.2, 0.25) is 0 Å². The summed E-state index contributed by atoms with van der Waals surface area (Å²) in [5, 5.41) is 44.4. The fourth-order valence-electron chi connectivity index (χ4n) is 5.85. The number of aliphatic imine (C=N–C) groups is 1. The minimum Gasteiger partial charge on any atom is -0.481 e. The maximum Gasteiger partial charge on any atom is 0.325 e. The first kappa shape index (κ1) is 51.3. The first-order valence-electron chi connectivity index (χ1n) is 19.6. The van der Waals surface area contributed by atoms with Crippen LogP contribution in [0, 0.1) is 5.92 Å². The topological polar surface area (TPSA) is 403 Å². The zero-order valence-corrected chi connectivity index (χ0v) is 34.6. The van der Waals surface area contributed by atoms with E-state index in [0.717, 1.165) is 10.8 Å². The number of guanidine groups is 1. The van der Waals surface area contributed by atoms with E-state index in [9.17, 15) is 58.5 Å². The standard InChI is InChI=1S/C39H57N11O12/c1-19(2)31(37(60)45-20(3)38(61)62)50-35(58)27(17-29(41)52)48-34(57)26(16-21-10-11-22-7-4-5-8-23(22)15-21)47-36(59)28(18-51)49-33(56)25(12-13-30(53)54)46-32(55)24(40)9-6-14-44-39(42)43/h4-5,7-8,10-11,15,19-20,24-28,31,51H,6,9,12-14,16-18,40H2,1-3H3,(H2,41,52)(H,45,60)(H,46,55)(H,47,59)(H,48,57)(H,49,56)(H,50,58)(H,53,54)(H,61,62)(H4,42,43,44)/t20-,24-,25-,26-,27-,28-,31-/m0/s1. The summed E-state index contributed by atoms with van der Waals surface area (Å²) in [6.45, 7) is 3.43. The van der Waals surface area contributed by atoms with Crippen molar-refractivity contribution in [3.63, 3.8) is 0 Å². The van der Waals surface area contributed by atoms with Crippen LogP contribution >= 0.6 is 0 Å². The lowest BCUT2D eigenvalue weighted by Crippen LogP contribution is -2.61. The molecule has 17 N–H and O–H groups in total. The quantitative estimate of drug-likeness (QED) is 0.0245. The van der Waals surface area contributed by atoms with Crippen molar-refractivity contribution in [2.45, 2.75) is 102 Å². The highest BCUT2D eigenvalue weighted by atomic mass is 16.4. The molecule has 0 aliphatic carbocycles. The molecule has 2 aromatic carbocycles. The fourth-order valence-corrected chi connectivity index (χ4v) is 5.85. The number of fused-ring (bicyclic) bond motifs is 1. The van der Waals surface area contributed by atoms with Crippen molar-refractivity contribution in [3.8, 4) is 0 Å². The van der Waals surface area contributed by atoms with Crippen molar-refractivity contribution in [2.24, 2.45) is 33.8 Å². The molecule has 7 atom stereocenters. The molecule has 0 aromatic heterocycles. The van der Waals surface area contributed by atoms with Crippen LogP contribution in [0.3, 0.4) is 0 Å². The van der Waals surface area contributed by atoms with E-state index in [1.54, 1.807) is 44.2 Å². The van der Waals surface area contributed by atoms with E-state index in [2.05, 4.69) is 36.9 Å². The van der Waals surface area contributed by atoms with E-state index in [1.165, 1.54) is 6.92 Å². The van der Waals surface area contributed by atoms with Gasteiger partial charge in [0.25, 0.3) is 0 Å². The maximum absolute atomic E-state index is 14.0. The van der Waals surface area contributed by atoms with Crippen molar-refractivity contribution in [2.75, 3.05) is 13.2 Å². The molecule has 0 radical (unpaired) electrons. The molecule has 0 spiro atoms. The molecule has 0 aliphatic rings. The minimum absolute atomic E-state index is 0.0832. The molecule has 0 bridgehead atoms. The van der Waals surface area contributed by atoms with Crippen LogP contribution in [0.4, 0.5) is 0 Å². The molecule has 23 nitrogen and oxygen atoms in total. The number of aliphatic hydroxyl groups is 1. The van der Waals surface area contributed by atoms with Crippen LogP contribution in [0.5, 0.6) is 0 Å². The predicted molar refractivity (Wildman–Crippen MR) is 223 cm³/mol. The molecule has 0 heterocycles. The summed E-state index contributed by atoms with van der Waals surface area (Å²) in [5.74, 6) is -10.4. The largest absolute Gasteiger partial charge is 0.481 e. The second kappa shape index (κ2) is 25.0. The number of nitrogens with two attached hydrogens (primary N) is 4. The highest BCUT2D eigenvalue weighted by Crippen LogP contribution is 2.17. The lowest BCUT2D eigenvalue weighted by atomic mass is 10.00. The SMILES string of the molecule is CC(C)[C@H](NC(=O)[C@H](CC(N)=O)NC(=O)[C@H](Cc1ccc2ccccc2c1)NC(=O)[C@H](CO)NC(=O)[C@H](CCC(=O)O)NC(=O)[C@@H](N)CCCN=C(N)N)C(=O)N[C@@H](C)C(=O)O. The number of carbonyl (C=O) groups excluding carboxylic acids is 7. The number of carboxylic acid groups (broad SMARTS) is 2. The number of hydrogen-bond acceptors (Lipinski definition) is 12. The van der Waals surface area contributed by atoms with E-state index < -0.39 is 127 Å². The molecular formula is C39H57N11O12. The summed E-state index contributed by atoms with van der Waals surface area (Å²) in [6.07, 6.45) is -1.68. The number of carboxylic acids is 2. The molecule has 7 amide bonds. The zero-order valence-electron chi connectivity index (χ0n) is 34.6. The number of rotatable bonds is 26. The fraction of sp³-hybridized carbons (Fsp3) is 0.487. The summed E-state index contributed by atoms with van der Waals surface area (Å²) in [7, 11) is 0. The molecule has 0 aliphatic heterocycles. The van der Waals surface area contributed by atoms with E-state index in [-0.39, 0.29) is 31.8 Å². The van der Waals surface area contributed by atoms with Crippen LogP contribution in [0.15, 0.2) is 47.5 Å². The van der Waals surface area contributed by atoms with Gasteiger partial charge in [-0.05, 0) is 48.4 Å². The van der Waals surface area contributed by atoms with Gasteiger partial charge >= 0.3 is 11.9 Å². The first-order valence-corrected chi connectivity index (χ1v) is 19.6. The van der Waals surface area contributed by atoms with E-state index >= 15 is 0 Å². The number of nitrogens with one attached hydrogen (secondary N) is 6. The van der Waals surface area contributed by atoms with E-state index in [0.29, 0.717) is 5.56 Å². The summed E-state index contributed by atoms with van der Waals surface area (Å²) in [4.78, 5) is 119. The Balaban J connectivity index is 2.40. The molecule has 0 saturated heterocycles. The number of benzene rings is 2. The van der Waals surface area contributed by atoms with Crippen molar-refractivity contribution in [1.82, 2.24) is 31.9 Å². The highest BCUT2D eigenvalue weighted by molar-refractivity contribution is 5.98. The van der Waals surface area contributed by atoms with Gasteiger partial charge in [0.05, 0.1) is 19.1 Å². The van der Waals surface area contributed by atoms with Gasteiger partial charge in [0.15, 0.2) is 5.96 Å². The van der Waals surface area contributed by atoms with Gasteiger partial charge in [-0.25, -0.2) is 0 Å².